The number of halogens is 4. The van der Waals surface area contributed by atoms with Crippen molar-refractivity contribution in [2.75, 3.05) is 16.5 Å². The maximum atomic E-state index is 13.3. The highest BCUT2D eigenvalue weighted by atomic mass is 127. The molecule has 1 aromatic heterocycles. The summed E-state index contributed by atoms with van der Waals surface area (Å²) in [5, 5.41) is 13.9. The quantitative estimate of drug-likeness (QED) is 0.149. The molecule has 0 amide bonds. The Hall–Kier alpha value is -2.91. The summed E-state index contributed by atoms with van der Waals surface area (Å²) < 4.78 is 65.0. The van der Waals surface area contributed by atoms with Gasteiger partial charge in [0.15, 0.2) is 5.13 Å². The van der Waals surface area contributed by atoms with E-state index in [1.807, 2.05) is 13.8 Å². The predicted molar refractivity (Wildman–Crippen MR) is 177 cm³/mol. The van der Waals surface area contributed by atoms with Crippen LogP contribution in [0.4, 0.5) is 18.3 Å². The number of aromatic carboxylic acids is 1. The number of anilines is 1. The van der Waals surface area contributed by atoms with Gasteiger partial charge in [-0.05, 0) is 76.0 Å². The van der Waals surface area contributed by atoms with Crippen LogP contribution in [-0.4, -0.2) is 55.4 Å². The molecule has 3 saturated carbocycles. The smallest absolute Gasteiger partial charge is 0.489 e. The zero-order valence-electron chi connectivity index (χ0n) is 25.2. The Morgan fingerprint density at radius 1 is 1.15 bits per heavy atom. The van der Waals surface area contributed by atoms with Crippen LogP contribution in [0.25, 0.3) is 10.2 Å². The number of hydrogen-bond acceptors (Lipinski definition) is 8. The van der Waals surface area contributed by atoms with Gasteiger partial charge in [0.25, 0.3) is 0 Å². The number of allylic oxidation sites excluding steroid dienone is 1. The second-order valence-corrected chi connectivity index (χ2v) is 16.0. The Bertz CT molecular complexity index is 1720. The van der Waals surface area contributed by atoms with Gasteiger partial charge in [0, 0.05) is 26.6 Å². The number of thiazole rings is 1. The number of hydrogen-bond donors (Lipinski definition) is 2. The predicted octanol–water partition coefficient (Wildman–Crippen LogP) is 8.12. The second-order valence-electron chi connectivity index (χ2n) is 12.5. The van der Waals surface area contributed by atoms with E-state index in [4.69, 9.17) is 19.2 Å². The van der Waals surface area contributed by atoms with Crippen LogP contribution in [0, 0.1) is 17.8 Å². The van der Waals surface area contributed by atoms with E-state index in [1.165, 1.54) is 23.5 Å². The SMILES string of the molecule is CC(C)Oc1cc(C(=O)O)cc2sc(N[C@H]3C[C@@H]4C[C@H]3C[C@@H]4OCC3=C(C4CC4)OCI=C3c3ccccc3OC(F)(F)F)nc12. The fraction of sp³-hybridized carbons (Fsp3) is 0.485. The Kier molecular flexibility index (Phi) is 8.68. The summed E-state index contributed by atoms with van der Waals surface area (Å²) >= 11 is 0.734. The molecule has 2 heterocycles. The summed E-state index contributed by atoms with van der Waals surface area (Å²) in [4.78, 5) is 16.5. The minimum atomic E-state index is -4.77. The number of rotatable bonds is 11. The first kappa shape index (κ1) is 31.7. The largest absolute Gasteiger partial charge is 0.573 e. The van der Waals surface area contributed by atoms with Crippen LogP contribution in [-0.2, 0) is 9.47 Å². The second kappa shape index (κ2) is 12.6. The minimum Gasteiger partial charge on any atom is -0.489 e. The van der Waals surface area contributed by atoms with Gasteiger partial charge in [-0.2, -0.15) is 0 Å². The van der Waals surface area contributed by atoms with Gasteiger partial charge < -0.3 is 29.4 Å². The molecule has 8 nitrogen and oxygen atoms in total. The van der Waals surface area contributed by atoms with Gasteiger partial charge in [0.2, 0.25) is 0 Å². The van der Waals surface area contributed by atoms with E-state index in [0.717, 1.165) is 56.8 Å². The van der Waals surface area contributed by atoms with Crippen LogP contribution in [0.1, 0.15) is 61.9 Å². The molecule has 4 aliphatic rings. The van der Waals surface area contributed by atoms with Crippen LogP contribution in [0.15, 0.2) is 47.7 Å². The van der Waals surface area contributed by atoms with E-state index in [0.29, 0.717) is 45.8 Å². The molecule has 2 N–H and O–H groups in total. The molecular formula is C33H34F3IN2O6S. The molecule has 0 spiro atoms. The molecule has 1 aliphatic heterocycles. The fourth-order valence-corrected chi connectivity index (χ4v) is 10.4. The summed E-state index contributed by atoms with van der Waals surface area (Å²) in [5.74, 6) is 1.20. The number of alkyl halides is 4. The lowest BCUT2D eigenvalue weighted by molar-refractivity contribution is -0.274. The molecule has 0 saturated heterocycles. The molecule has 0 unspecified atom stereocenters. The van der Waals surface area contributed by atoms with E-state index >= 15 is 0 Å². The third-order valence-corrected chi connectivity index (χ3v) is 12.4. The van der Waals surface area contributed by atoms with E-state index in [-0.39, 0.29) is 29.6 Å². The fourth-order valence-electron chi connectivity index (χ4n) is 6.84. The van der Waals surface area contributed by atoms with E-state index in [2.05, 4.69) is 10.1 Å². The number of benzene rings is 2. The molecule has 3 fully saturated rings. The van der Waals surface area contributed by atoms with Crippen molar-refractivity contribution in [3.63, 3.8) is 0 Å². The van der Waals surface area contributed by atoms with Crippen molar-refractivity contribution >= 4 is 56.9 Å². The van der Waals surface area contributed by atoms with Crippen molar-refractivity contribution < 1.29 is 42.0 Å². The lowest BCUT2D eigenvalue weighted by atomic mass is 9.93. The van der Waals surface area contributed by atoms with Crippen LogP contribution >= 0.6 is 32.1 Å². The average molecular weight is 771 g/mol. The van der Waals surface area contributed by atoms with E-state index in [1.54, 1.807) is 24.3 Å². The van der Waals surface area contributed by atoms with Crippen LogP contribution in [0.2, 0.25) is 0 Å². The third-order valence-electron chi connectivity index (χ3n) is 8.87. The van der Waals surface area contributed by atoms with Crippen LogP contribution in [0.5, 0.6) is 11.5 Å². The van der Waals surface area contributed by atoms with Crippen molar-refractivity contribution in [2.24, 2.45) is 17.8 Å². The summed E-state index contributed by atoms with van der Waals surface area (Å²) in [6, 6.07) is 9.78. The monoisotopic (exact) mass is 770 g/mol. The number of para-hydroxylation sites is 1. The summed E-state index contributed by atoms with van der Waals surface area (Å²) in [7, 11) is 0. The van der Waals surface area contributed by atoms with Gasteiger partial charge in [-0.1, -0.05) is 50.3 Å². The number of ether oxygens (including phenoxy) is 4. The number of carboxylic acid groups (broad SMARTS) is 1. The highest BCUT2D eigenvalue weighted by molar-refractivity contribution is 14.2. The Labute approximate surface area is 278 Å². The number of aromatic nitrogens is 1. The summed E-state index contributed by atoms with van der Waals surface area (Å²) in [5.41, 5.74) is 2.22. The standard InChI is InChI=1S/C33H34F3IN2O6S/c1-16(2)44-26-12-20(31(40)41)13-27-29(26)39-32(46-27)38-23-10-19-9-18(23)11-25(19)42-14-22-28(37-15-43-30(22)17-7-8-17)21-5-3-4-6-24(21)45-33(34,35)36/h3-6,12-13,16-19,23,25H,7-11,14-15H2,1-2H3,(H,38,39)(H,40,41)/t18-,19-,23-,25-/m0/s1. The maximum absolute atomic E-state index is 13.3. The van der Waals surface area contributed by atoms with Gasteiger partial charge in [0.05, 0.1) is 29.1 Å². The lowest BCUT2D eigenvalue weighted by Crippen LogP contribution is -2.33. The molecule has 246 valence electrons. The third kappa shape index (κ3) is 6.73. The van der Waals surface area contributed by atoms with Crippen LogP contribution in [0.3, 0.4) is 0 Å². The molecular weight excluding hydrogens is 736 g/mol. The number of carboxylic acids is 1. The zero-order chi connectivity index (χ0) is 32.2. The first-order chi connectivity index (χ1) is 22.0. The van der Waals surface area contributed by atoms with Crippen molar-refractivity contribution in [1.29, 1.82) is 0 Å². The molecule has 3 aliphatic carbocycles. The zero-order valence-corrected chi connectivity index (χ0v) is 28.2. The molecule has 7 rings (SSSR count). The Morgan fingerprint density at radius 3 is 2.65 bits per heavy atom. The molecule has 4 atom stereocenters. The summed E-state index contributed by atoms with van der Waals surface area (Å²) in [6.45, 7) is 4.10. The maximum Gasteiger partial charge on any atom is 0.573 e. The van der Waals surface area contributed by atoms with E-state index < -0.39 is 33.1 Å². The van der Waals surface area contributed by atoms with Crippen molar-refractivity contribution in [3.05, 3.63) is 58.9 Å². The topological polar surface area (TPSA) is 99.1 Å². The average Bonchev–Trinajstić information content (AvgIpc) is 3.47. The number of carbonyl (C=O) groups is 1. The van der Waals surface area contributed by atoms with Gasteiger partial charge in [-0.15, -0.1) is 13.2 Å². The minimum absolute atomic E-state index is 0.0542. The number of nitrogens with one attached hydrogen (secondary N) is 1. The molecule has 13 heteroatoms. The van der Waals surface area contributed by atoms with Crippen LogP contribution < -0.4 is 14.8 Å². The van der Waals surface area contributed by atoms with Crippen molar-refractivity contribution in [1.82, 2.24) is 4.98 Å². The van der Waals surface area contributed by atoms with Gasteiger partial charge >= 0.3 is 12.3 Å². The van der Waals surface area contributed by atoms with Crippen molar-refractivity contribution in [2.45, 2.75) is 70.6 Å². The highest BCUT2D eigenvalue weighted by Gasteiger charge is 2.47. The Balaban J connectivity index is 1.04. The normalized spacial score (nSPS) is 24.5. The highest BCUT2D eigenvalue weighted by Crippen LogP contribution is 2.49. The van der Waals surface area contributed by atoms with Gasteiger partial charge in [-0.25, -0.2) is 9.78 Å². The summed E-state index contributed by atoms with van der Waals surface area (Å²) in [6.07, 6.45) is 0.00354. The van der Waals surface area contributed by atoms with Crippen molar-refractivity contribution in [3.8, 4) is 11.5 Å². The van der Waals surface area contributed by atoms with Gasteiger partial charge in [0.1, 0.15) is 27.4 Å². The number of fused-ring (bicyclic) bond motifs is 3. The van der Waals surface area contributed by atoms with E-state index in [9.17, 15) is 23.1 Å². The first-order valence-corrected chi connectivity index (χ1v) is 18.8. The Morgan fingerprint density at radius 2 is 1.96 bits per heavy atom. The molecule has 3 aromatic rings. The first-order valence-electron chi connectivity index (χ1n) is 15.4. The molecule has 2 aromatic carbocycles. The molecule has 0 radical (unpaired) electrons. The molecule has 2 bridgehead atoms. The van der Waals surface area contributed by atoms with Gasteiger partial charge in [-0.3, -0.25) is 0 Å². The lowest BCUT2D eigenvalue weighted by Gasteiger charge is -2.30. The number of nitrogens with zero attached hydrogens (tertiary/aromatic N) is 1. The molecule has 46 heavy (non-hydrogen) atoms.